The summed E-state index contributed by atoms with van der Waals surface area (Å²) >= 11 is 0. The fraction of sp³-hybridized carbons (Fsp3) is 0.720. The average Bonchev–Trinajstić information content (AvgIpc) is 3.08. The number of esters is 1. The number of ether oxygens (including phenoxy) is 2. The second-order valence-corrected chi connectivity index (χ2v) is 9.77. The third-order valence-electron chi connectivity index (χ3n) is 7.03. The van der Waals surface area contributed by atoms with Crippen LogP contribution in [0.3, 0.4) is 0 Å². The maximum absolute atomic E-state index is 11.3. The zero-order valence-corrected chi connectivity index (χ0v) is 18.6. The second kappa shape index (κ2) is 9.61. The van der Waals surface area contributed by atoms with Gasteiger partial charge < -0.3 is 14.6 Å². The molecule has 1 aliphatic carbocycles. The second-order valence-electron chi connectivity index (χ2n) is 9.77. The van der Waals surface area contributed by atoms with E-state index in [4.69, 9.17) is 9.47 Å². The maximum atomic E-state index is 11.3. The lowest BCUT2D eigenvalue weighted by molar-refractivity contribution is -0.137. The minimum atomic E-state index is -0.853. The minimum Gasteiger partial charge on any atom is -0.465 e. The molecule has 4 nitrogen and oxygen atoms in total. The number of hydrogen-bond donors (Lipinski definition) is 1. The number of carbonyl (C=O) groups excluding carboxylic acids is 1. The maximum Gasteiger partial charge on any atom is 0.306 e. The molecule has 3 atom stereocenters. The lowest BCUT2D eigenvalue weighted by atomic mass is 9.71. The first-order valence-corrected chi connectivity index (χ1v) is 11.3. The normalized spacial score (nSPS) is 30.4. The van der Waals surface area contributed by atoms with E-state index in [1.165, 1.54) is 31.3 Å². The first kappa shape index (κ1) is 22.3. The molecule has 0 aromatic heterocycles. The molecular weight excluding hydrogens is 364 g/mol. The molecule has 162 valence electrons. The minimum absolute atomic E-state index is 0.0684. The molecule has 4 heteroatoms. The molecule has 1 fully saturated rings. The summed E-state index contributed by atoms with van der Waals surface area (Å²) in [6, 6.07) is 0. The number of cyclic esters (lactones) is 1. The molecule has 2 aliphatic heterocycles. The Kier molecular flexibility index (Phi) is 7.39. The summed E-state index contributed by atoms with van der Waals surface area (Å²) in [5, 5.41) is 10.3. The van der Waals surface area contributed by atoms with Gasteiger partial charge in [-0.15, -0.1) is 0 Å². The molecule has 0 aromatic rings. The number of aliphatic hydroxyl groups is 1. The summed E-state index contributed by atoms with van der Waals surface area (Å²) in [7, 11) is 0. The van der Waals surface area contributed by atoms with Crippen LogP contribution < -0.4 is 0 Å². The van der Waals surface area contributed by atoms with E-state index in [-0.39, 0.29) is 18.0 Å². The largest absolute Gasteiger partial charge is 0.465 e. The Bertz CT molecular complexity index is 698. The first-order chi connectivity index (χ1) is 13.8. The van der Waals surface area contributed by atoms with Crippen LogP contribution in [0.4, 0.5) is 0 Å². The summed E-state index contributed by atoms with van der Waals surface area (Å²) in [6.07, 6.45) is 12.5. The highest BCUT2D eigenvalue weighted by Crippen LogP contribution is 2.42. The molecule has 3 rings (SSSR count). The van der Waals surface area contributed by atoms with Gasteiger partial charge in [-0.2, -0.15) is 0 Å². The average molecular weight is 403 g/mol. The Morgan fingerprint density at radius 2 is 2.14 bits per heavy atom. The van der Waals surface area contributed by atoms with Crippen LogP contribution in [0.25, 0.3) is 0 Å². The Labute approximate surface area is 176 Å². The predicted octanol–water partition coefficient (Wildman–Crippen LogP) is 5.62. The molecule has 3 aliphatic rings. The highest BCUT2D eigenvalue weighted by Gasteiger charge is 2.35. The van der Waals surface area contributed by atoms with Crippen molar-refractivity contribution >= 4 is 5.97 Å². The van der Waals surface area contributed by atoms with E-state index in [2.05, 4.69) is 39.8 Å². The van der Waals surface area contributed by atoms with Gasteiger partial charge in [0.05, 0.1) is 19.1 Å². The van der Waals surface area contributed by atoms with Gasteiger partial charge in [0, 0.05) is 5.92 Å². The lowest BCUT2D eigenvalue weighted by Crippen LogP contribution is -2.33. The van der Waals surface area contributed by atoms with Crippen LogP contribution in [0, 0.1) is 11.3 Å². The summed E-state index contributed by atoms with van der Waals surface area (Å²) in [4.78, 5) is 11.3. The van der Waals surface area contributed by atoms with Gasteiger partial charge in [0.15, 0.2) is 6.29 Å². The van der Waals surface area contributed by atoms with Crippen molar-refractivity contribution in [2.24, 2.45) is 11.3 Å². The van der Waals surface area contributed by atoms with Gasteiger partial charge >= 0.3 is 5.97 Å². The molecule has 0 bridgehead atoms. The summed E-state index contributed by atoms with van der Waals surface area (Å²) in [5.41, 5.74) is 6.00. The van der Waals surface area contributed by atoms with Crippen LogP contribution in [0.1, 0.15) is 85.5 Å². The predicted molar refractivity (Wildman–Crippen MR) is 115 cm³/mol. The van der Waals surface area contributed by atoms with Crippen molar-refractivity contribution in [3.8, 4) is 0 Å². The smallest absolute Gasteiger partial charge is 0.306 e. The number of allylic oxidation sites excluding steroid dienone is 4. The molecule has 1 N–H and O–H groups in total. The fourth-order valence-corrected chi connectivity index (χ4v) is 5.11. The standard InChI is InChI=1S/C25H38O4/c1-17(10-12-21-18(2)8-6-14-25(21,3)4)7-5-9-19-11-13-22(29-24(19)27)20-15-23(26)28-16-20/h7,11,20,22,24,27H,5-6,8-10,12-16H2,1-4H3/b17-7+/t20-,22+,24?/m0/s1. The van der Waals surface area contributed by atoms with Gasteiger partial charge in [0.2, 0.25) is 0 Å². The molecule has 0 saturated carbocycles. The van der Waals surface area contributed by atoms with Crippen molar-refractivity contribution in [2.75, 3.05) is 6.61 Å². The highest BCUT2D eigenvalue weighted by atomic mass is 16.6. The molecule has 1 saturated heterocycles. The van der Waals surface area contributed by atoms with E-state index in [0.717, 1.165) is 31.3 Å². The van der Waals surface area contributed by atoms with E-state index in [1.807, 2.05) is 0 Å². The fourth-order valence-electron chi connectivity index (χ4n) is 5.11. The van der Waals surface area contributed by atoms with Gasteiger partial charge in [-0.25, -0.2) is 0 Å². The molecule has 0 spiro atoms. The summed E-state index contributed by atoms with van der Waals surface area (Å²) < 4.78 is 10.8. The Balaban J connectivity index is 1.45. The molecule has 2 heterocycles. The number of carbonyl (C=O) groups is 1. The molecular formula is C25H38O4. The molecule has 29 heavy (non-hydrogen) atoms. The van der Waals surface area contributed by atoms with E-state index in [1.54, 1.807) is 11.1 Å². The zero-order valence-electron chi connectivity index (χ0n) is 18.6. The molecule has 0 radical (unpaired) electrons. The topological polar surface area (TPSA) is 55.8 Å². The SMILES string of the molecule is CC1=C(CC/C(C)=C/CCC2=CC[C@H]([C@@H]3COC(=O)C3)OC2O)C(C)(C)CCC1. The zero-order chi connectivity index (χ0) is 21.0. The molecule has 1 unspecified atom stereocenters. The number of aliphatic hydroxyl groups excluding tert-OH is 1. The van der Waals surface area contributed by atoms with Crippen LogP contribution in [0.5, 0.6) is 0 Å². The summed E-state index contributed by atoms with van der Waals surface area (Å²) in [5.74, 6) is -0.0926. The van der Waals surface area contributed by atoms with Crippen molar-refractivity contribution < 1.29 is 19.4 Å². The van der Waals surface area contributed by atoms with Gasteiger partial charge in [0.25, 0.3) is 0 Å². The highest BCUT2D eigenvalue weighted by molar-refractivity contribution is 5.71. The monoisotopic (exact) mass is 402 g/mol. The van der Waals surface area contributed by atoms with Crippen LogP contribution in [-0.4, -0.2) is 30.1 Å². The van der Waals surface area contributed by atoms with E-state index < -0.39 is 6.29 Å². The van der Waals surface area contributed by atoms with E-state index in [9.17, 15) is 9.90 Å². The van der Waals surface area contributed by atoms with E-state index in [0.29, 0.717) is 18.4 Å². The van der Waals surface area contributed by atoms with Crippen molar-refractivity contribution in [1.29, 1.82) is 0 Å². The van der Waals surface area contributed by atoms with Crippen LogP contribution in [-0.2, 0) is 14.3 Å². The third-order valence-corrected chi connectivity index (χ3v) is 7.03. The lowest BCUT2D eigenvalue weighted by Gasteiger charge is -2.35. The van der Waals surface area contributed by atoms with Gasteiger partial charge in [-0.1, -0.05) is 42.7 Å². The van der Waals surface area contributed by atoms with Crippen molar-refractivity contribution in [3.05, 3.63) is 34.4 Å². The molecule has 0 aromatic carbocycles. The van der Waals surface area contributed by atoms with Crippen molar-refractivity contribution in [1.82, 2.24) is 0 Å². The van der Waals surface area contributed by atoms with Crippen molar-refractivity contribution in [2.45, 2.75) is 97.9 Å². The van der Waals surface area contributed by atoms with Gasteiger partial charge in [-0.05, 0) is 76.2 Å². The van der Waals surface area contributed by atoms with Crippen LogP contribution in [0.2, 0.25) is 0 Å². The van der Waals surface area contributed by atoms with Gasteiger partial charge in [0.1, 0.15) is 0 Å². The van der Waals surface area contributed by atoms with Crippen LogP contribution in [0.15, 0.2) is 34.4 Å². The summed E-state index contributed by atoms with van der Waals surface area (Å²) in [6.45, 7) is 9.73. The Morgan fingerprint density at radius 1 is 1.34 bits per heavy atom. The third kappa shape index (κ3) is 5.82. The van der Waals surface area contributed by atoms with E-state index >= 15 is 0 Å². The van der Waals surface area contributed by atoms with Gasteiger partial charge in [-0.3, -0.25) is 4.79 Å². The molecule has 0 amide bonds. The number of rotatable bonds is 7. The van der Waals surface area contributed by atoms with Crippen molar-refractivity contribution in [3.63, 3.8) is 0 Å². The van der Waals surface area contributed by atoms with Crippen LogP contribution >= 0.6 is 0 Å². The Hall–Kier alpha value is -1.39. The quantitative estimate of drug-likeness (QED) is 0.444. The Morgan fingerprint density at radius 3 is 2.79 bits per heavy atom. The first-order valence-electron chi connectivity index (χ1n) is 11.3. The number of hydrogen-bond acceptors (Lipinski definition) is 4.